The molecule has 0 bridgehead atoms. The number of hydrogen-bond acceptors (Lipinski definition) is 3. The molecule has 0 aliphatic heterocycles. The molecule has 0 unspecified atom stereocenters. The van der Waals surface area contributed by atoms with Gasteiger partial charge in [0.25, 0.3) is 5.91 Å². The van der Waals surface area contributed by atoms with Gasteiger partial charge in [-0.05, 0) is 40.8 Å². The van der Waals surface area contributed by atoms with Crippen LogP contribution in [0.1, 0.15) is 17.3 Å². The largest absolute Gasteiger partial charge is 0.496 e. The highest BCUT2D eigenvalue weighted by Crippen LogP contribution is 2.21. The number of nitrogens with one attached hydrogen (secondary N) is 2. The molecular formula is C10H11IN2O3. The lowest BCUT2D eigenvalue weighted by Crippen LogP contribution is -2.40. The fourth-order valence-electron chi connectivity index (χ4n) is 1.02. The van der Waals surface area contributed by atoms with E-state index in [1.165, 1.54) is 6.92 Å². The Kier molecular flexibility index (Phi) is 4.53. The second-order valence-electron chi connectivity index (χ2n) is 2.98. The van der Waals surface area contributed by atoms with Crippen LogP contribution in [0.4, 0.5) is 0 Å². The fourth-order valence-corrected chi connectivity index (χ4v) is 1.76. The van der Waals surface area contributed by atoms with Gasteiger partial charge in [0.05, 0.1) is 10.7 Å². The van der Waals surface area contributed by atoms with Crippen molar-refractivity contribution in [2.75, 3.05) is 7.11 Å². The molecule has 0 fully saturated rings. The van der Waals surface area contributed by atoms with Crippen LogP contribution in [0.5, 0.6) is 5.75 Å². The van der Waals surface area contributed by atoms with E-state index in [9.17, 15) is 9.59 Å². The number of carbonyl (C=O) groups excluding carboxylic acids is 2. The lowest BCUT2D eigenvalue weighted by atomic mass is 10.2. The minimum atomic E-state index is -0.365. The highest BCUT2D eigenvalue weighted by atomic mass is 127. The Labute approximate surface area is 107 Å². The Hall–Kier alpha value is -1.31. The summed E-state index contributed by atoms with van der Waals surface area (Å²) >= 11 is 2.07. The van der Waals surface area contributed by atoms with E-state index in [4.69, 9.17) is 4.74 Å². The minimum absolute atomic E-state index is 0.323. The minimum Gasteiger partial charge on any atom is -0.496 e. The second kappa shape index (κ2) is 5.69. The molecule has 2 N–H and O–H groups in total. The van der Waals surface area contributed by atoms with Crippen LogP contribution in [0, 0.1) is 3.57 Å². The Bertz CT molecular complexity index is 421. The predicted octanol–water partition coefficient (Wildman–Crippen LogP) is 1.08. The summed E-state index contributed by atoms with van der Waals surface area (Å²) in [6, 6.07) is 5.00. The first kappa shape index (κ1) is 12.8. The van der Waals surface area contributed by atoms with Crippen molar-refractivity contribution in [1.82, 2.24) is 10.9 Å². The summed E-state index contributed by atoms with van der Waals surface area (Å²) < 4.78 is 5.90. The van der Waals surface area contributed by atoms with Gasteiger partial charge < -0.3 is 4.74 Å². The normalized spacial score (nSPS) is 9.44. The number of ether oxygens (including phenoxy) is 1. The van der Waals surface area contributed by atoms with E-state index >= 15 is 0 Å². The van der Waals surface area contributed by atoms with E-state index in [1.807, 2.05) is 0 Å². The number of methoxy groups -OCH3 is 1. The zero-order chi connectivity index (χ0) is 12.1. The van der Waals surface area contributed by atoms with Crippen LogP contribution in [0.25, 0.3) is 0 Å². The molecule has 2 amide bonds. The van der Waals surface area contributed by atoms with E-state index in [0.29, 0.717) is 11.3 Å². The van der Waals surface area contributed by atoms with E-state index in [-0.39, 0.29) is 11.8 Å². The lowest BCUT2D eigenvalue weighted by Gasteiger charge is -2.07. The van der Waals surface area contributed by atoms with Crippen molar-refractivity contribution in [3.63, 3.8) is 0 Å². The first-order valence-electron chi connectivity index (χ1n) is 4.45. The molecule has 1 aromatic carbocycles. The first-order valence-corrected chi connectivity index (χ1v) is 5.53. The van der Waals surface area contributed by atoms with Crippen LogP contribution in [0.2, 0.25) is 0 Å². The summed E-state index contributed by atoms with van der Waals surface area (Å²) in [5.41, 5.74) is 4.96. The van der Waals surface area contributed by atoms with Crippen molar-refractivity contribution in [3.05, 3.63) is 27.3 Å². The summed E-state index contributed by atoms with van der Waals surface area (Å²) in [5, 5.41) is 0. The van der Waals surface area contributed by atoms with E-state index in [0.717, 1.165) is 3.57 Å². The molecule has 0 heterocycles. The summed E-state index contributed by atoms with van der Waals surface area (Å²) in [5.74, 6) is 0.0176. The number of carbonyl (C=O) groups is 2. The average Bonchev–Trinajstić information content (AvgIpc) is 2.25. The van der Waals surface area contributed by atoms with Crippen LogP contribution >= 0.6 is 22.6 Å². The van der Waals surface area contributed by atoms with Crippen molar-refractivity contribution >= 4 is 34.4 Å². The zero-order valence-corrected chi connectivity index (χ0v) is 11.0. The van der Waals surface area contributed by atoms with Gasteiger partial charge in [-0.15, -0.1) is 0 Å². The number of benzene rings is 1. The molecule has 5 nitrogen and oxygen atoms in total. The molecule has 0 aliphatic rings. The van der Waals surface area contributed by atoms with Crippen LogP contribution in [0.15, 0.2) is 18.2 Å². The predicted molar refractivity (Wildman–Crippen MR) is 67.0 cm³/mol. The molecule has 86 valence electrons. The summed E-state index contributed by atoms with van der Waals surface area (Å²) in [7, 11) is 1.56. The van der Waals surface area contributed by atoms with Crippen molar-refractivity contribution in [3.8, 4) is 5.75 Å². The van der Waals surface area contributed by atoms with Gasteiger partial charge in [-0.2, -0.15) is 0 Å². The van der Waals surface area contributed by atoms with Gasteiger partial charge in [0.2, 0.25) is 5.91 Å². The number of hydrogen-bond donors (Lipinski definition) is 2. The topological polar surface area (TPSA) is 67.4 Å². The molecule has 1 rings (SSSR count). The zero-order valence-electron chi connectivity index (χ0n) is 8.83. The lowest BCUT2D eigenvalue weighted by molar-refractivity contribution is -0.119. The number of rotatable bonds is 2. The maximum atomic E-state index is 11.5. The number of halogens is 1. The maximum Gasteiger partial charge on any atom is 0.269 e. The van der Waals surface area contributed by atoms with Gasteiger partial charge in [-0.3, -0.25) is 20.4 Å². The molecule has 0 aromatic heterocycles. The van der Waals surface area contributed by atoms with Gasteiger partial charge in [-0.1, -0.05) is 0 Å². The molecule has 0 radical (unpaired) electrons. The molecule has 0 saturated carbocycles. The van der Waals surface area contributed by atoms with E-state index in [2.05, 4.69) is 33.4 Å². The molecule has 0 spiro atoms. The van der Waals surface area contributed by atoms with Crippen molar-refractivity contribution in [2.24, 2.45) is 0 Å². The number of amides is 2. The Morgan fingerprint density at radius 1 is 1.31 bits per heavy atom. The maximum absolute atomic E-state index is 11.5. The van der Waals surface area contributed by atoms with E-state index in [1.54, 1.807) is 25.3 Å². The Morgan fingerprint density at radius 3 is 2.50 bits per heavy atom. The molecule has 0 atom stereocenters. The van der Waals surface area contributed by atoms with Gasteiger partial charge in [0, 0.05) is 12.5 Å². The summed E-state index contributed by atoms with van der Waals surface area (Å²) in [4.78, 5) is 22.1. The molecule has 16 heavy (non-hydrogen) atoms. The van der Waals surface area contributed by atoms with E-state index < -0.39 is 0 Å². The van der Waals surface area contributed by atoms with Gasteiger partial charge >= 0.3 is 0 Å². The van der Waals surface area contributed by atoms with Crippen LogP contribution in [-0.2, 0) is 4.79 Å². The van der Waals surface area contributed by atoms with Crippen molar-refractivity contribution < 1.29 is 14.3 Å². The second-order valence-corrected chi connectivity index (χ2v) is 4.15. The number of hydrazine groups is 1. The third kappa shape index (κ3) is 3.37. The monoisotopic (exact) mass is 334 g/mol. The van der Waals surface area contributed by atoms with Crippen molar-refractivity contribution in [2.45, 2.75) is 6.92 Å². The molecule has 1 aromatic rings. The summed E-state index contributed by atoms with van der Waals surface area (Å²) in [6.45, 7) is 1.32. The third-order valence-electron chi connectivity index (χ3n) is 1.77. The quantitative estimate of drug-likeness (QED) is 0.628. The fraction of sp³-hybridized carbons (Fsp3) is 0.200. The van der Waals surface area contributed by atoms with Crippen molar-refractivity contribution in [1.29, 1.82) is 0 Å². The van der Waals surface area contributed by atoms with Gasteiger partial charge in [0.15, 0.2) is 0 Å². The first-order chi connectivity index (χ1) is 7.54. The molecule has 6 heteroatoms. The molecular weight excluding hydrogens is 323 g/mol. The SMILES string of the molecule is COc1ccc(C(=O)NNC(C)=O)cc1I. The highest BCUT2D eigenvalue weighted by molar-refractivity contribution is 14.1. The third-order valence-corrected chi connectivity index (χ3v) is 2.61. The Morgan fingerprint density at radius 2 is 2.00 bits per heavy atom. The molecule has 0 aliphatic carbocycles. The summed E-state index contributed by atoms with van der Waals surface area (Å²) in [6.07, 6.45) is 0. The highest BCUT2D eigenvalue weighted by Gasteiger charge is 2.08. The van der Waals surface area contributed by atoms with Crippen LogP contribution in [0.3, 0.4) is 0 Å². The van der Waals surface area contributed by atoms with Crippen LogP contribution < -0.4 is 15.6 Å². The van der Waals surface area contributed by atoms with Crippen LogP contribution in [-0.4, -0.2) is 18.9 Å². The average molecular weight is 334 g/mol. The van der Waals surface area contributed by atoms with Gasteiger partial charge in [0.1, 0.15) is 5.75 Å². The van der Waals surface area contributed by atoms with Gasteiger partial charge in [-0.25, -0.2) is 0 Å². The molecule has 0 saturated heterocycles. The standard InChI is InChI=1S/C10H11IN2O3/c1-6(14)12-13-10(15)7-3-4-9(16-2)8(11)5-7/h3-5H,1-2H3,(H,12,14)(H,13,15). The smallest absolute Gasteiger partial charge is 0.269 e. The Balaban J connectivity index is 2.77.